The summed E-state index contributed by atoms with van der Waals surface area (Å²) in [6.45, 7) is 2.12. The fourth-order valence-corrected chi connectivity index (χ4v) is 5.12. The Labute approximate surface area is 92.6 Å². The van der Waals surface area contributed by atoms with E-state index < -0.39 is 6.17 Å². The van der Waals surface area contributed by atoms with Crippen molar-refractivity contribution in [3.05, 3.63) is 0 Å². The van der Waals surface area contributed by atoms with Gasteiger partial charge in [-0.3, -0.25) is 0 Å². The lowest BCUT2D eigenvalue weighted by Gasteiger charge is -2.58. The first kappa shape index (κ1) is 10.1. The minimum atomic E-state index is -0.490. The average molecular weight is 210 g/mol. The van der Waals surface area contributed by atoms with Gasteiger partial charge < -0.3 is 0 Å². The fraction of sp³-hybridized carbons (Fsp3) is 1.00. The van der Waals surface area contributed by atoms with Crippen LogP contribution in [0.4, 0.5) is 4.39 Å². The molecule has 0 spiro atoms. The van der Waals surface area contributed by atoms with Crippen molar-refractivity contribution in [2.75, 3.05) is 0 Å². The lowest BCUT2D eigenvalue weighted by Crippen LogP contribution is -2.50. The minimum Gasteiger partial charge on any atom is -0.247 e. The molecule has 0 radical (unpaired) electrons. The van der Waals surface area contributed by atoms with Crippen molar-refractivity contribution in [1.82, 2.24) is 0 Å². The normalized spacial score (nSPS) is 49.6. The fourth-order valence-electron chi connectivity index (χ4n) is 5.12. The van der Waals surface area contributed by atoms with Gasteiger partial charge in [0, 0.05) is 5.41 Å². The molecule has 0 N–H and O–H groups in total. The second-order valence-corrected chi connectivity index (χ2v) is 6.54. The highest BCUT2D eigenvalue weighted by Gasteiger charge is 2.54. The van der Waals surface area contributed by atoms with Crippen molar-refractivity contribution < 1.29 is 4.39 Å². The summed E-state index contributed by atoms with van der Waals surface area (Å²) >= 11 is 0. The smallest absolute Gasteiger partial charge is 0.106 e. The second-order valence-electron chi connectivity index (χ2n) is 6.54. The van der Waals surface area contributed by atoms with Gasteiger partial charge in [-0.05, 0) is 62.7 Å². The third-order valence-corrected chi connectivity index (χ3v) is 5.29. The van der Waals surface area contributed by atoms with E-state index in [-0.39, 0.29) is 5.41 Å². The molecule has 1 heteroatoms. The lowest BCUT2D eigenvalue weighted by molar-refractivity contribution is -0.0970. The van der Waals surface area contributed by atoms with E-state index in [1.165, 1.54) is 38.5 Å². The Morgan fingerprint density at radius 2 is 1.53 bits per heavy atom. The predicted octanol–water partition coefficient (Wildman–Crippen LogP) is 4.34. The highest BCUT2D eigenvalue weighted by Crippen LogP contribution is 2.62. The van der Waals surface area contributed by atoms with E-state index in [1.54, 1.807) is 0 Å². The summed E-state index contributed by atoms with van der Waals surface area (Å²) in [5, 5.41) is 0. The molecular formula is C14H23F. The quantitative estimate of drug-likeness (QED) is 0.650. The molecule has 4 fully saturated rings. The zero-order chi connectivity index (χ0) is 10.5. The molecule has 0 aromatic carbocycles. The Balaban J connectivity index is 1.80. The summed E-state index contributed by atoms with van der Waals surface area (Å²) in [7, 11) is 0. The van der Waals surface area contributed by atoms with Crippen LogP contribution in [0, 0.1) is 23.2 Å². The molecule has 4 aliphatic carbocycles. The Morgan fingerprint density at radius 1 is 1.07 bits per heavy atom. The highest BCUT2D eigenvalue weighted by atomic mass is 19.1. The zero-order valence-electron chi connectivity index (χ0n) is 9.84. The summed E-state index contributed by atoms with van der Waals surface area (Å²) in [5.74, 6) is 2.68. The van der Waals surface area contributed by atoms with Gasteiger partial charge in [0.2, 0.25) is 0 Å². The third kappa shape index (κ3) is 1.54. The van der Waals surface area contributed by atoms with Gasteiger partial charge in [-0.25, -0.2) is 4.39 Å². The topological polar surface area (TPSA) is 0 Å². The molecule has 0 saturated heterocycles. The van der Waals surface area contributed by atoms with Gasteiger partial charge in [0.15, 0.2) is 0 Å². The molecule has 4 rings (SSSR count). The molecule has 0 aliphatic heterocycles. The molecule has 4 aliphatic rings. The summed E-state index contributed by atoms with van der Waals surface area (Å²) in [5.41, 5.74) is 0.144. The molecule has 0 amide bonds. The van der Waals surface area contributed by atoms with Gasteiger partial charge in [0.05, 0.1) is 0 Å². The Hall–Kier alpha value is -0.0700. The third-order valence-electron chi connectivity index (χ3n) is 5.29. The van der Waals surface area contributed by atoms with E-state index in [9.17, 15) is 4.39 Å². The Morgan fingerprint density at radius 3 is 1.93 bits per heavy atom. The number of hydrogen-bond donors (Lipinski definition) is 0. The van der Waals surface area contributed by atoms with Crippen LogP contribution in [0.25, 0.3) is 0 Å². The van der Waals surface area contributed by atoms with Crippen LogP contribution in [0.15, 0.2) is 0 Å². The van der Waals surface area contributed by atoms with Crippen LogP contribution in [0.3, 0.4) is 0 Å². The van der Waals surface area contributed by atoms with Gasteiger partial charge in [0.25, 0.3) is 0 Å². The molecule has 0 nitrogen and oxygen atoms in total. The Bertz CT molecular complexity index is 210. The molecule has 86 valence electrons. The SMILES string of the molecule is CCCC(F)C12CC3CC(CC(C3)C1)C2. The van der Waals surface area contributed by atoms with E-state index in [1.807, 2.05) is 0 Å². The first-order chi connectivity index (χ1) is 7.22. The van der Waals surface area contributed by atoms with Crippen LogP contribution in [0.2, 0.25) is 0 Å². The maximum Gasteiger partial charge on any atom is 0.106 e. The van der Waals surface area contributed by atoms with Crippen LogP contribution in [0.1, 0.15) is 58.3 Å². The second kappa shape index (κ2) is 3.46. The van der Waals surface area contributed by atoms with Crippen molar-refractivity contribution in [1.29, 1.82) is 0 Å². The molecule has 0 aromatic heterocycles. The van der Waals surface area contributed by atoms with E-state index in [2.05, 4.69) is 6.92 Å². The van der Waals surface area contributed by atoms with Gasteiger partial charge in [-0.1, -0.05) is 13.3 Å². The van der Waals surface area contributed by atoms with Gasteiger partial charge in [0.1, 0.15) is 6.17 Å². The van der Waals surface area contributed by atoms with Crippen LogP contribution < -0.4 is 0 Å². The summed E-state index contributed by atoms with van der Waals surface area (Å²) in [6.07, 6.45) is 9.29. The molecule has 1 atom stereocenters. The van der Waals surface area contributed by atoms with E-state index >= 15 is 0 Å². The maximum absolute atomic E-state index is 14.3. The first-order valence-corrected chi connectivity index (χ1v) is 6.86. The number of hydrogen-bond acceptors (Lipinski definition) is 0. The number of alkyl halides is 1. The lowest BCUT2D eigenvalue weighted by atomic mass is 9.48. The molecule has 4 bridgehead atoms. The highest BCUT2D eigenvalue weighted by molar-refractivity contribution is 5.04. The van der Waals surface area contributed by atoms with E-state index in [0.29, 0.717) is 0 Å². The van der Waals surface area contributed by atoms with Crippen molar-refractivity contribution in [3.63, 3.8) is 0 Å². The molecular weight excluding hydrogens is 187 g/mol. The van der Waals surface area contributed by atoms with Gasteiger partial charge in [-0.15, -0.1) is 0 Å². The minimum absolute atomic E-state index is 0.144. The van der Waals surface area contributed by atoms with Crippen molar-refractivity contribution in [3.8, 4) is 0 Å². The number of halogens is 1. The zero-order valence-corrected chi connectivity index (χ0v) is 9.84. The average Bonchev–Trinajstić information content (AvgIpc) is 2.15. The van der Waals surface area contributed by atoms with Crippen LogP contribution in [0.5, 0.6) is 0 Å². The monoisotopic (exact) mass is 210 g/mol. The summed E-state index contributed by atoms with van der Waals surface area (Å²) in [6, 6.07) is 0. The largest absolute Gasteiger partial charge is 0.247 e. The summed E-state index contributed by atoms with van der Waals surface area (Å²) < 4.78 is 14.3. The van der Waals surface area contributed by atoms with Crippen LogP contribution in [-0.2, 0) is 0 Å². The number of rotatable bonds is 3. The van der Waals surface area contributed by atoms with Crippen LogP contribution >= 0.6 is 0 Å². The summed E-state index contributed by atoms with van der Waals surface area (Å²) in [4.78, 5) is 0. The standard InChI is InChI=1S/C14H23F/c1-2-3-13(15)14-7-10-4-11(8-14)6-12(5-10)9-14/h10-13H,2-9H2,1H3. The molecule has 0 heterocycles. The first-order valence-electron chi connectivity index (χ1n) is 6.86. The molecule has 15 heavy (non-hydrogen) atoms. The Kier molecular flexibility index (Phi) is 2.33. The molecule has 4 saturated carbocycles. The van der Waals surface area contributed by atoms with E-state index in [4.69, 9.17) is 0 Å². The van der Waals surface area contributed by atoms with Gasteiger partial charge >= 0.3 is 0 Å². The maximum atomic E-state index is 14.3. The van der Waals surface area contributed by atoms with Crippen molar-refractivity contribution in [2.45, 2.75) is 64.5 Å². The van der Waals surface area contributed by atoms with Crippen molar-refractivity contribution in [2.24, 2.45) is 23.2 Å². The van der Waals surface area contributed by atoms with Crippen LogP contribution in [-0.4, -0.2) is 6.17 Å². The van der Waals surface area contributed by atoms with E-state index in [0.717, 1.165) is 30.6 Å². The molecule has 1 unspecified atom stereocenters. The predicted molar refractivity (Wildman–Crippen MR) is 60.4 cm³/mol. The van der Waals surface area contributed by atoms with Crippen molar-refractivity contribution >= 4 is 0 Å². The molecule has 0 aromatic rings. The van der Waals surface area contributed by atoms with Gasteiger partial charge in [-0.2, -0.15) is 0 Å².